The van der Waals surface area contributed by atoms with Crippen LogP contribution < -0.4 is 5.32 Å². The molecule has 2 aromatic heterocycles. The lowest BCUT2D eigenvalue weighted by molar-refractivity contribution is -0.124. The molecule has 1 amide bonds. The van der Waals surface area contributed by atoms with Crippen LogP contribution >= 0.6 is 11.3 Å². The second-order valence-electron chi connectivity index (χ2n) is 6.13. The van der Waals surface area contributed by atoms with Gasteiger partial charge in [-0.1, -0.05) is 18.9 Å². The fourth-order valence-electron chi connectivity index (χ4n) is 3.28. The maximum absolute atomic E-state index is 12.3. The molecule has 1 N–H and O–H groups in total. The van der Waals surface area contributed by atoms with Gasteiger partial charge in [-0.3, -0.25) is 9.48 Å². The Morgan fingerprint density at radius 1 is 1.45 bits per heavy atom. The van der Waals surface area contributed by atoms with Crippen LogP contribution in [0.4, 0.5) is 0 Å². The van der Waals surface area contributed by atoms with Crippen LogP contribution in [0.3, 0.4) is 0 Å². The molecule has 0 aromatic carbocycles. The quantitative estimate of drug-likeness (QED) is 0.918. The van der Waals surface area contributed by atoms with E-state index in [2.05, 4.69) is 40.9 Å². The van der Waals surface area contributed by atoms with Gasteiger partial charge in [0.15, 0.2) is 0 Å². The molecule has 118 valence electrons. The van der Waals surface area contributed by atoms with Gasteiger partial charge in [0.1, 0.15) is 6.04 Å². The van der Waals surface area contributed by atoms with Crippen molar-refractivity contribution in [2.75, 3.05) is 6.54 Å². The van der Waals surface area contributed by atoms with Crippen molar-refractivity contribution in [1.82, 2.24) is 15.1 Å². The summed E-state index contributed by atoms with van der Waals surface area (Å²) in [6, 6.07) is 6.34. The van der Waals surface area contributed by atoms with E-state index in [-0.39, 0.29) is 17.9 Å². The van der Waals surface area contributed by atoms with E-state index in [4.69, 9.17) is 0 Å². The Balaban J connectivity index is 1.75. The standard InChI is InChI=1S/C17H23N3OS/c1-12-10-13(2)20(19-12)15(16-8-5-9-22-16)11-18-17(21)14-6-3-4-7-14/h5,8-10,14-15H,3-4,6-7,11H2,1-2H3,(H,18,21). The number of nitrogens with zero attached hydrogens (tertiary/aromatic N) is 2. The molecule has 1 aliphatic rings. The fourth-order valence-corrected chi connectivity index (χ4v) is 4.09. The van der Waals surface area contributed by atoms with Gasteiger partial charge in [-0.05, 0) is 44.2 Å². The maximum Gasteiger partial charge on any atom is 0.223 e. The highest BCUT2D eigenvalue weighted by molar-refractivity contribution is 7.10. The first-order valence-electron chi connectivity index (χ1n) is 7.99. The van der Waals surface area contributed by atoms with E-state index in [1.807, 2.05) is 11.6 Å². The number of nitrogens with one attached hydrogen (secondary N) is 1. The van der Waals surface area contributed by atoms with Crippen molar-refractivity contribution < 1.29 is 4.79 Å². The predicted octanol–water partition coefficient (Wildman–Crippen LogP) is 3.46. The van der Waals surface area contributed by atoms with Crippen LogP contribution in [-0.4, -0.2) is 22.2 Å². The van der Waals surface area contributed by atoms with E-state index in [1.165, 1.54) is 17.7 Å². The van der Waals surface area contributed by atoms with Gasteiger partial charge in [-0.15, -0.1) is 11.3 Å². The van der Waals surface area contributed by atoms with E-state index in [0.29, 0.717) is 6.54 Å². The molecule has 2 heterocycles. The molecule has 3 rings (SSSR count). The molecule has 0 bridgehead atoms. The van der Waals surface area contributed by atoms with E-state index in [9.17, 15) is 4.79 Å². The van der Waals surface area contributed by atoms with Gasteiger partial charge in [-0.25, -0.2) is 0 Å². The number of aromatic nitrogens is 2. The first-order valence-corrected chi connectivity index (χ1v) is 8.87. The summed E-state index contributed by atoms with van der Waals surface area (Å²) < 4.78 is 2.04. The molecule has 1 saturated carbocycles. The second kappa shape index (κ2) is 6.65. The molecule has 1 fully saturated rings. The van der Waals surface area contributed by atoms with Gasteiger partial charge < -0.3 is 5.32 Å². The summed E-state index contributed by atoms with van der Waals surface area (Å²) in [5, 5.41) is 9.85. The van der Waals surface area contributed by atoms with Gasteiger partial charge in [0.05, 0.1) is 5.69 Å². The predicted molar refractivity (Wildman–Crippen MR) is 89.1 cm³/mol. The number of carbonyl (C=O) groups excluding carboxylic acids is 1. The van der Waals surface area contributed by atoms with Crippen molar-refractivity contribution in [3.8, 4) is 0 Å². The first kappa shape index (κ1) is 15.3. The number of amides is 1. The molecule has 1 aliphatic carbocycles. The minimum atomic E-state index is 0.0825. The number of carbonyl (C=O) groups is 1. The highest BCUT2D eigenvalue weighted by atomic mass is 32.1. The Bertz CT molecular complexity index is 626. The number of rotatable bonds is 5. The van der Waals surface area contributed by atoms with Gasteiger partial charge in [0, 0.05) is 23.0 Å². The zero-order valence-electron chi connectivity index (χ0n) is 13.2. The molecule has 2 aromatic rings. The van der Waals surface area contributed by atoms with E-state index in [0.717, 1.165) is 24.2 Å². The van der Waals surface area contributed by atoms with E-state index in [1.54, 1.807) is 11.3 Å². The lowest BCUT2D eigenvalue weighted by Crippen LogP contribution is -2.35. The zero-order chi connectivity index (χ0) is 15.5. The Morgan fingerprint density at radius 2 is 2.23 bits per heavy atom. The summed E-state index contributed by atoms with van der Waals surface area (Å²) in [6.07, 6.45) is 4.44. The summed E-state index contributed by atoms with van der Waals surface area (Å²) in [5.74, 6) is 0.421. The summed E-state index contributed by atoms with van der Waals surface area (Å²) in [4.78, 5) is 13.5. The van der Waals surface area contributed by atoms with Gasteiger partial charge >= 0.3 is 0 Å². The molecule has 0 aliphatic heterocycles. The van der Waals surface area contributed by atoms with Crippen molar-refractivity contribution >= 4 is 17.2 Å². The van der Waals surface area contributed by atoms with Crippen molar-refractivity contribution in [2.45, 2.75) is 45.6 Å². The number of hydrogen-bond acceptors (Lipinski definition) is 3. The molecule has 0 saturated heterocycles. The Hall–Kier alpha value is -1.62. The minimum Gasteiger partial charge on any atom is -0.353 e. The van der Waals surface area contributed by atoms with E-state index >= 15 is 0 Å². The maximum atomic E-state index is 12.3. The van der Waals surface area contributed by atoms with Crippen LogP contribution in [0.25, 0.3) is 0 Å². The molecule has 4 nitrogen and oxygen atoms in total. The smallest absolute Gasteiger partial charge is 0.223 e. The molecule has 0 radical (unpaired) electrons. The van der Waals surface area contributed by atoms with Crippen LogP contribution in [-0.2, 0) is 4.79 Å². The minimum absolute atomic E-state index is 0.0825. The highest BCUT2D eigenvalue weighted by Gasteiger charge is 2.24. The third-order valence-corrected chi connectivity index (χ3v) is 5.38. The molecule has 22 heavy (non-hydrogen) atoms. The molecule has 5 heteroatoms. The van der Waals surface area contributed by atoms with Crippen molar-refractivity contribution in [3.63, 3.8) is 0 Å². The average Bonchev–Trinajstić information content (AvgIpc) is 3.22. The summed E-state index contributed by atoms with van der Waals surface area (Å²) >= 11 is 1.72. The lowest BCUT2D eigenvalue weighted by Gasteiger charge is -2.20. The molecule has 1 unspecified atom stereocenters. The summed E-state index contributed by atoms with van der Waals surface area (Å²) in [6.45, 7) is 4.68. The monoisotopic (exact) mass is 317 g/mol. The van der Waals surface area contributed by atoms with Gasteiger partial charge in [0.25, 0.3) is 0 Å². The van der Waals surface area contributed by atoms with Crippen LogP contribution in [0.5, 0.6) is 0 Å². The summed E-state index contributed by atoms with van der Waals surface area (Å²) in [5.41, 5.74) is 2.15. The number of hydrogen-bond donors (Lipinski definition) is 1. The van der Waals surface area contributed by atoms with E-state index < -0.39 is 0 Å². The van der Waals surface area contributed by atoms with Crippen LogP contribution in [0.2, 0.25) is 0 Å². The third-order valence-electron chi connectivity index (χ3n) is 4.41. The topological polar surface area (TPSA) is 46.9 Å². The van der Waals surface area contributed by atoms with Gasteiger partial charge in [0.2, 0.25) is 5.91 Å². The third kappa shape index (κ3) is 3.24. The Morgan fingerprint density at radius 3 is 2.82 bits per heavy atom. The van der Waals surface area contributed by atoms with Gasteiger partial charge in [-0.2, -0.15) is 5.10 Å². The Kier molecular flexibility index (Phi) is 4.62. The first-order chi connectivity index (χ1) is 10.6. The van der Waals surface area contributed by atoms with Crippen molar-refractivity contribution in [1.29, 1.82) is 0 Å². The van der Waals surface area contributed by atoms with Crippen LogP contribution in [0, 0.1) is 19.8 Å². The SMILES string of the molecule is Cc1cc(C)n(C(CNC(=O)C2CCCC2)c2cccs2)n1. The molecular weight excluding hydrogens is 294 g/mol. The lowest BCUT2D eigenvalue weighted by atomic mass is 10.1. The summed E-state index contributed by atoms with van der Waals surface area (Å²) in [7, 11) is 0. The zero-order valence-corrected chi connectivity index (χ0v) is 14.0. The van der Waals surface area contributed by atoms with Crippen LogP contribution in [0.1, 0.15) is 48.0 Å². The highest BCUT2D eigenvalue weighted by Crippen LogP contribution is 2.26. The van der Waals surface area contributed by atoms with Crippen LogP contribution in [0.15, 0.2) is 23.6 Å². The van der Waals surface area contributed by atoms with Crippen molar-refractivity contribution in [3.05, 3.63) is 39.8 Å². The number of aryl methyl sites for hydroxylation is 2. The van der Waals surface area contributed by atoms with Crippen molar-refractivity contribution in [2.24, 2.45) is 5.92 Å². The number of thiophene rings is 1. The molecular formula is C17H23N3OS. The Labute approximate surface area is 135 Å². The second-order valence-corrected chi connectivity index (χ2v) is 7.11. The average molecular weight is 317 g/mol. The molecule has 1 atom stereocenters. The largest absolute Gasteiger partial charge is 0.353 e. The molecule has 0 spiro atoms. The fraction of sp³-hybridized carbons (Fsp3) is 0.529. The normalized spacial score (nSPS) is 16.8.